The number of carbonyl (C=O) groups is 2. The number of piperidine rings is 1. The molecule has 1 atom stereocenters. The number of para-hydroxylation sites is 2. The molecule has 0 spiro atoms. The van der Waals surface area contributed by atoms with Crippen molar-refractivity contribution >= 4 is 17.5 Å². The third-order valence-corrected chi connectivity index (χ3v) is 5.35. The molecule has 0 bridgehead atoms. The number of rotatable bonds is 3. The summed E-state index contributed by atoms with van der Waals surface area (Å²) >= 11 is 0. The molecule has 7 nitrogen and oxygen atoms in total. The summed E-state index contributed by atoms with van der Waals surface area (Å²) in [4.78, 5) is 28.5. The molecular weight excluding hydrogens is 401 g/mol. The highest BCUT2D eigenvalue weighted by molar-refractivity contribution is 6.00. The van der Waals surface area contributed by atoms with Crippen LogP contribution in [0, 0.1) is 0 Å². The third-order valence-electron chi connectivity index (χ3n) is 5.35. The van der Waals surface area contributed by atoms with Gasteiger partial charge in [-0.05, 0) is 31.0 Å². The van der Waals surface area contributed by atoms with Crippen LogP contribution in [-0.4, -0.2) is 52.7 Å². The van der Waals surface area contributed by atoms with Crippen molar-refractivity contribution in [3.63, 3.8) is 0 Å². The van der Waals surface area contributed by atoms with Gasteiger partial charge in [0.05, 0.1) is 24.8 Å². The largest absolute Gasteiger partial charge is 0.491 e. The highest BCUT2D eigenvalue weighted by atomic mass is 19.4. The summed E-state index contributed by atoms with van der Waals surface area (Å²) in [6, 6.07) is 7.64. The Morgan fingerprint density at radius 3 is 2.80 bits per heavy atom. The van der Waals surface area contributed by atoms with Gasteiger partial charge in [0.25, 0.3) is 0 Å². The van der Waals surface area contributed by atoms with E-state index in [9.17, 15) is 22.8 Å². The fourth-order valence-electron chi connectivity index (χ4n) is 3.82. The van der Waals surface area contributed by atoms with Gasteiger partial charge in [-0.3, -0.25) is 19.2 Å². The molecule has 1 fully saturated rings. The standard InChI is InChI=1S/C20H21F3N4O3/c21-20(22,23)17-7-10-27(24-17)14-4-3-9-25(12-14)19(29)13-26-15-5-1-2-6-16(15)30-11-8-18(26)28/h1-2,5-7,10,14H,3-4,8-9,11-13H2. The Bertz CT molecular complexity index is 943. The fourth-order valence-corrected chi connectivity index (χ4v) is 3.82. The monoisotopic (exact) mass is 422 g/mol. The van der Waals surface area contributed by atoms with E-state index in [1.807, 2.05) is 0 Å². The Kier molecular flexibility index (Phi) is 5.40. The Morgan fingerprint density at radius 1 is 1.23 bits per heavy atom. The van der Waals surface area contributed by atoms with Gasteiger partial charge in [-0.15, -0.1) is 0 Å². The van der Waals surface area contributed by atoms with Crippen LogP contribution in [0.25, 0.3) is 0 Å². The molecule has 1 unspecified atom stereocenters. The molecule has 1 aromatic heterocycles. The maximum Gasteiger partial charge on any atom is 0.435 e. The molecule has 0 saturated carbocycles. The number of hydrogen-bond acceptors (Lipinski definition) is 4. The van der Waals surface area contributed by atoms with E-state index in [4.69, 9.17) is 4.74 Å². The minimum absolute atomic E-state index is 0.140. The summed E-state index contributed by atoms with van der Waals surface area (Å²) in [5.41, 5.74) is -0.401. The van der Waals surface area contributed by atoms with Crippen LogP contribution in [0.15, 0.2) is 36.5 Å². The summed E-state index contributed by atoms with van der Waals surface area (Å²) < 4.78 is 45.4. The zero-order chi connectivity index (χ0) is 21.3. The second-order valence-corrected chi connectivity index (χ2v) is 7.36. The number of halogens is 3. The number of nitrogens with zero attached hydrogens (tertiary/aromatic N) is 4. The van der Waals surface area contributed by atoms with Crippen molar-refractivity contribution in [3.05, 3.63) is 42.2 Å². The highest BCUT2D eigenvalue weighted by Gasteiger charge is 2.35. The van der Waals surface area contributed by atoms with Crippen molar-refractivity contribution in [1.82, 2.24) is 14.7 Å². The predicted molar refractivity (Wildman–Crippen MR) is 101 cm³/mol. The second-order valence-electron chi connectivity index (χ2n) is 7.36. The maximum atomic E-state index is 13.0. The molecule has 3 heterocycles. The molecule has 2 aromatic rings. The van der Waals surface area contributed by atoms with E-state index in [1.54, 1.807) is 29.2 Å². The summed E-state index contributed by atoms with van der Waals surface area (Å²) in [7, 11) is 0. The van der Waals surface area contributed by atoms with Crippen LogP contribution in [-0.2, 0) is 15.8 Å². The molecule has 10 heteroatoms. The molecular formula is C20H21F3N4O3. The van der Waals surface area contributed by atoms with E-state index < -0.39 is 11.9 Å². The van der Waals surface area contributed by atoms with E-state index in [2.05, 4.69) is 5.10 Å². The first-order valence-corrected chi connectivity index (χ1v) is 9.75. The van der Waals surface area contributed by atoms with Crippen molar-refractivity contribution in [3.8, 4) is 5.75 Å². The van der Waals surface area contributed by atoms with E-state index in [0.29, 0.717) is 30.8 Å². The van der Waals surface area contributed by atoms with E-state index >= 15 is 0 Å². The average Bonchev–Trinajstić information content (AvgIpc) is 3.18. The van der Waals surface area contributed by atoms with Crippen LogP contribution in [0.1, 0.15) is 31.0 Å². The first kappa shape index (κ1) is 20.2. The van der Waals surface area contributed by atoms with Crippen molar-refractivity contribution in [2.24, 2.45) is 0 Å². The highest BCUT2D eigenvalue weighted by Crippen LogP contribution is 2.32. The lowest BCUT2D eigenvalue weighted by atomic mass is 10.1. The molecule has 160 valence electrons. The number of fused-ring (bicyclic) bond motifs is 1. The lowest BCUT2D eigenvalue weighted by molar-refractivity contribution is -0.142. The number of carbonyl (C=O) groups excluding carboxylic acids is 2. The summed E-state index contributed by atoms with van der Waals surface area (Å²) in [6.07, 6.45) is -1.77. The number of likely N-dealkylation sites (tertiary alicyclic amines) is 1. The van der Waals surface area contributed by atoms with Crippen LogP contribution >= 0.6 is 0 Å². The number of aromatic nitrogens is 2. The molecule has 30 heavy (non-hydrogen) atoms. The molecule has 2 amide bonds. The maximum absolute atomic E-state index is 13.0. The number of anilines is 1. The fraction of sp³-hybridized carbons (Fsp3) is 0.450. The lowest BCUT2D eigenvalue weighted by Crippen LogP contribution is -2.47. The molecule has 4 rings (SSSR count). The summed E-state index contributed by atoms with van der Waals surface area (Å²) in [6.45, 7) is 0.840. The van der Waals surface area contributed by atoms with Gasteiger partial charge in [-0.2, -0.15) is 18.3 Å². The van der Waals surface area contributed by atoms with Crippen molar-refractivity contribution in [1.29, 1.82) is 0 Å². The van der Waals surface area contributed by atoms with Gasteiger partial charge in [0, 0.05) is 19.3 Å². The topological polar surface area (TPSA) is 67.7 Å². The number of hydrogen-bond donors (Lipinski definition) is 0. The normalized spacial score (nSPS) is 19.8. The van der Waals surface area contributed by atoms with Gasteiger partial charge < -0.3 is 9.64 Å². The predicted octanol–water partition coefficient (Wildman–Crippen LogP) is 2.88. The van der Waals surface area contributed by atoms with Gasteiger partial charge in [0.15, 0.2) is 5.69 Å². The Balaban J connectivity index is 1.47. The Labute approximate surface area is 171 Å². The molecule has 2 aliphatic heterocycles. The van der Waals surface area contributed by atoms with E-state index in [1.165, 1.54) is 15.8 Å². The third kappa shape index (κ3) is 4.12. The quantitative estimate of drug-likeness (QED) is 0.763. The van der Waals surface area contributed by atoms with Crippen molar-refractivity contribution in [2.75, 3.05) is 31.1 Å². The first-order valence-electron chi connectivity index (χ1n) is 9.75. The van der Waals surface area contributed by atoms with Gasteiger partial charge in [-0.1, -0.05) is 12.1 Å². The Hall–Kier alpha value is -3.04. The molecule has 2 aliphatic rings. The number of alkyl halides is 3. The Morgan fingerprint density at radius 2 is 2.03 bits per heavy atom. The van der Waals surface area contributed by atoms with E-state index in [-0.39, 0.29) is 44.0 Å². The van der Waals surface area contributed by atoms with Crippen LogP contribution in [0.2, 0.25) is 0 Å². The van der Waals surface area contributed by atoms with Gasteiger partial charge in [0.2, 0.25) is 11.8 Å². The van der Waals surface area contributed by atoms with Crippen LogP contribution in [0.3, 0.4) is 0 Å². The van der Waals surface area contributed by atoms with Crippen LogP contribution in [0.4, 0.5) is 18.9 Å². The first-order chi connectivity index (χ1) is 14.3. The molecule has 1 saturated heterocycles. The minimum Gasteiger partial charge on any atom is -0.491 e. The van der Waals surface area contributed by atoms with Crippen molar-refractivity contribution in [2.45, 2.75) is 31.5 Å². The lowest BCUT2D eigenvalue weighted by Gasteiger charge is -2.34. The zero-order valence-electron chi connectivity index (χ0n) is 16.1. The summed E-state index contributed by atoms with van der Waals surface area (Å²) in [5.74, 6) is 0.0839. The number of benzene rings is 1. The van der Waals surface area contributed by atoms with Gasteiger partial charge in [-0.25, -0.2) is 0 Å². The average molecular weight is 422 g/mol. The smallest absolute Gasteiger partial charge is 0.435 e. The van der Waals surface area contributed by atoms with Crippen LogP contribution < -0.4 is 9.64 Å². The molecule has 0 radical (unpaired) electrons. The molecule has 1 aromatic carbocycles. The number of ether oxygens (including phenoxy) is 1. The van der Waals surface area contributed by atoms with Gasteiger partial charge >= 0.3 is 6.18 Å². The second kappa shape index (κ2) is 8.00. The molecule has 0 N–H and O–H groups in total. The number of amides is 2. The van der Waals surface area contributed by atoms with Gasteiger partial charge in [0.1, 0.15) is 12.3 Å². The summed E-state index contributed by atoms with van der Waals surface area (Å²) in [5, 5.41) is 3.64. The van der Waals surface area contributed by atoms with Crippen molar-refractivity contribution < 1.29 is 27.5 Å². The zero-order valence-corrected chi connectivity index (χ0v) is 16.1. The SMILES string of the molecule is O=C(CN1C(=O)CCOc2ccccc21)N1CCCC(n2ccc(C(F)(F)F)n2)C1. The van der Waals surface area contributed by atoms with Crippen LogP contribution in [0.5, 0.6) is 5.75 Å². The van der Waals surface area contributed by atoms with E-state index in [0.717, 1.165) is 6.07 Å². The molecule has 0 aliphatic carbocycles. The minimum atomic E-state index is -4.50.